The van der Waals surface area contributed by atoms with Crippen molar-refractivity contribution in [1.29, 1.82) is 0 Å². The number of carbonyl (C=O) groups excluding carboxylic acids is 1. The summed E-state index contributed by atoms with van der Waals surface area (Å²) in [6.07, 6.45) is -1.96. The summed E-state index contributed by atoms with van der Waals surface area (Å²) in [4.78, 5) is 15.2. The molecule has 2 rings (SSSR count). The first kappa shape index (κ1) is 14.0. The number of rotatable bonds is 2. The summed E-state index contributed by atoms with van der Waals surface area (Å²) >= 11 is 0. The Kier molecular flexibility index (Phi) is 3.74. The van der Waals surface area contributed by atoms with Crippen molar-refractivity contribution in [2.75, 3.05) is 7.11 Å². The third kappa shape index (κ3) is 2.79. The molecule has 0 aliphatic heterocycles. The molecule has 1 aromatic heterocycles. The highest BCUT2D eigenvalue weighted by Crippen LogP contribution is 2.36. The van der Waals surface area contributed by atoms with Gasteiger partial charge in [-0.15, -0.1) is 0 Å². The summed E-state index contributed by atoms with van der Waals surface area (Å²) in [5.41, 5.74) is -0.495. The van der Waals surface area contributed by atoms with Crippen LogP contribution < -0.4 is 0 Å². The van der Waals surface area contributed by atoms with Gasteiger partial charge in [0, 0.05) is 18.0 Å². The lowest BCUT2D eigenvalue weighted by molar-refractivity contribution is -0.137. The summed E-state index contributed by atoms with van der Waals surface area (Å²) in [6, 6.07) is 6.45. The van der Waals surface area contributed by atoms with Gasteiger partial charge in [0.1, 0.15) is 0 Å². The molecular formula is C14H10F3NO2. The number of methoxy groups -OCH3 is 1. The number of alkyl halides is 3. The van der Waals surface area contributed by atoms with Crippen LogP contribution in [0, 0.1) is 0 Å². The molecule has 6 heteroatoms. The predicted octanol–water partition coefficient (Wildman–Crippen LogP) is 3.55. The minimum absolute atomic E-state index is 0.0294. The van der Waals surface area contributed by atoms with Crippen LogP contribution in [0.2, 0.25) is 0 Å². The Hall–Kier alpha value is -2.37. The SMILES string of the molecule is COC(=O)c1cncc(-c2ccccc2C(F)(F)F)c1. The molecule has 20 heavy (non-hydrogen) atoms. The number of benzene rings is 1. The molecular weight excluding hydrogens is 271 g/mol. The minimum Gasteiger partial charge on any atom is -0.465 e. The maximum absolute atomic E-state index is 12.9. The Bertz CT molecular complexity index is 638. The Balaban J connectivity index is 2.55. The van der Waals surface area contributed by atoms with Gasteiger partial charge in [0.15, 0.2) is 0 Å². The van der Waals surface area contributed by atoms with Gasteiger partial charge in [0.05, 0.1) is 18.2 Å². The van der Waals surface area contributed by atoms with Gasteiger partial charge in [-0.3, -0.25) is 4.98 Å². The lowest BCUT2D eigenvalue weighted by Crippen LogP contribution is -2.07. The standard InChI is InChI=1S/C14H10F3NO2/c1-20-13(19)10-6-9(7-18-8-10)11-4-2-3-5-12(11)14(15,16)17/h2-8H,1H3. The molecule has 0 unspecified atom stereocenters. The van der Waals surface area contributed by atoms with Crippen LogP contribution in [0.1, 0.15) is 15.9 Å². The topological polar surface area (TPSA) is 39.2 Å². The van der Waals surface area contributed by atoms with Crippen molar-refractivity contribution in [3.8, 4) is 11.1 Å². The van der Waals surface area contributed by atoms with Gasteiger partial charge in [-0.25, -0.2) is 4.79 Å². The third-order valence-electron chi connectivity index (χ3n) is 2.70. The van der Waals surface area contributed by atoms with Crippen molar-refractivity contribution < 1.29 is 22.7 Å². The van der Waals surface area contributed by atoms with E-state index in [1.54, 1.807) is 0 Å². The Morgan fingerprint density at radius 1 is 1.20 bits per heavy atom. The fraction of sp³-hybridized carbons (Fsp3) is 0.143. The average molecular weight is 281 g/mol. The largest absolute Gasteiger partial charge is 0.465 e. The fourth-order valence-electron chi connectivity index (χ4n) is 1.80. The smallest absolute Gasteiger partial charge is 0.417 e. The summed E-state index contributed by atoms with van der Waals surface area (Å²) in [5, 5.41) is 0. The van der Waals surface area contributed by atoms with Crippen LogP contribution in [0.3, 0.4) is 0 Å². The molecule has 0 saturated heterocycles. The van der Waals surface area contributed by atoms with Gasteiger partial charge >= 0.3 is 12.1 Å². The highest BCUT2D eigenvalue weighted by Gasteiger charge is 2.33. The number of aromatic nitrogens is 1. The van der Waals surface area contributed by atoms with Gasteiger partial charge in [-0.2, -0.15) is 13.2 Å². The van der Waals surface area contributed by atoms with E-state index in [1.165, 1.54) is 43.8 Å². The highest BCUT2D eigenvalue weighted by molar-refractivity contribution is 5.90. The molecule has 3 nitrogen and oxygen atoms in total. The van der Waals surface area contributed by atoms with Crippen molar-refractivity contribution in [3.05, 3.63) is 53.9 Å². The number of carbonyl (C=O) groups is 1. The first-order valence-electron chi connectivity index (χ1n) is 5.63. The van der Waals surface area contributed by atoms with Crippen LogP contribution in [0.25, 0.3) is 11.1 Å². The lowest BCUT2D eigenvalue weighted by Gasteiger charge is -2.12. The Morgan fingerprint density at radius 2 is 1.90 bits per heavy atom. The number of hydrogen-bond acceptors (Lipinski definition) is 3. The second kappa shape index (κ2) is 5.32. The first-order chi connectivity index (χ1) is 9.43. The minimum atomic E-state index is -4.47. The second-order valence-electron chi connectivity index (χ2n) is 4.00. The number of hydrogen-bond donors (Lipinski definition) is 0. The van der Waals surface area contributed by atoms with E-state index < -0.39 is 17.7 Å². The van der Waals surface area contributed by atoms with Gasteiger partial charge in [0.2, 0.25) is 0 Å². The molecule has 2 aromatic rings. The molecule has 0 bridgehead atoms. The predicted molar refractivity (Wildman–Crippen MR) is 66.0 cm³/mol. The van der Waals surface area contributed by atoms with Crippen LogP contribution in [0.5, 0.6) is 0 Å². The molecule has 0 amide bonds. The van der Waals surface area contributed by atoms with E-state index in [0.29, 0.717) is 0 Å². The normalized spacial score (nSPS) is 11.2. The number of esters is 1. The molecule has 0 spiro atoms. The average Bonchev–Trinajstić information content (AvgIpc) is 2.45. The van der Waals surface area contributed by atoms with Crippen molar-refractivity contribution in [2.24, 2.45) is 0 Å². The van der Waals surface area contributed by atoms with E-state index >= 15 is 0 Å². The van der Waals surface area contributed by atoms with Crippen LogP contribution >= 0.6 is 0 Å². The molecule has 0 N–H and O–H groups in total. The molecule has 104 valence electrons. The van der Waals surface area contributed by atoms with Gasteiger partial charge < -0.3 is 4.74 Å². The number of ether oxygens (including phenoxy) is 1. The van der Waals surface area contributed by atoms with Gasteiger partial charge in [0.25, 0.3) is 0 Å². The van der Waals surface area contributed by atoms with Crippen LogP contribution in [-0.2, 0) is 10.9 Å². The van der Waals surface area contributed by atoms with E-state index in [4.69, 9.17) is 0 Å². The van der Waals surface area contributed by atoms with Crippen LogP contribution in [-0.4, -0.2) is 18.1 Å². The van der Waals surface area contributed by atoms with E-state index in [1.807, 2.05) is 0 Å². The molecule has 0 atom stereocenters. The monoisotopic (exact) mass is 281 g/mol. The van der Waals surface area contributed by atoms with E-state index in [2.05, 4.69) is 9.72 Å². The van der Waals surface area contributed by atoms with Gasteiger partial charge in [-0.05, 0) is 17.7 Å². The number of halogens is 3. The summed E-state index contributed by atoms with van der Waals surface area (Å²) < 4.78 is 43.4. The summed E-state index contributed by atoms with van der Waals surface area (Å²) in [5.74, 6) is -0.649. The summed E-state index contributed by atoms with van der Waals surface area (Å²) in [6.45, 7) is 0. The Morgan fingerprint density at radius 3 is 2.55 bits per heavy atom. The molecule has 0 saturated carbocycles. The lowest BCUT2D eigenvalue weighted by atomic mass is 10.00. The second-order valence-corrected chi connectivity index (χ2v) is 4.00. The fourth-order valence-corrected chi connectivity index (χ4v) is 1.80. The molecule has 0 aliphatic carbocycles. The maximum atomic E-state index is 12.9. The molecule has 1 aromatic carbocycles. The quantitative estimate of drug-likeness (QED) is 0.790. The molecule has 0 aliphatic rings. The first-order valence-corrected chi connectivity index (χ1v) is 5.63. The highest BCUT2D eigenvalue weighted by atomic mass is 19.4. The van der Waals surface area contributed by atoms with Crippen molar-refractivity contribution in [3.63, 3.8) is 0 Å². The van der Waals surface area contributed by atoms with Crippen LogP contribution in [0.15, 0.2) is 42.7 Å². The number of nitrogens with zero attached hydrogens (tertiary/aromatic N) is 1. The molecule has 1 heterocycles. The van der Waals surface area contributed by atoms with E-state index in [-0.39, 0.29) is 16.7 Å². The zero-order chi connectivity index (χ0) is 14.8. The maximum Gasteiger partial charge on any atom is 0.417 e. The zero-order valence-electron chi connectivity index (χ0n) is 10.4. The zero-order valence-corrected chi connectivity index (χ0v) is 10.4. The van der Waals surface area contributed by atoms with Crippen molar-refractivity contribution in [2.45, 2.75) is 6.18 Å². The van der Waals surface area contributed by atoms with E-state index in [0.717, 1.165) is 6.07 Å². The van der Waals surface area contributed by atoms with Crippen molar-refractivity contribution in [1.82, 2.24) is 4.98 Å². The Labute approximate surface area is 113 Å². The molecule has 0 radical (unpaired) electrons. The summed E-state index contributed by atoms with van der Waals surface area (Å²) in [7, 11) is 1.19. The number of pyridine rings is 1. The molecule has 0 fully saturated rings. The van der Waals surface area contributed by atoms with Crippen LogP contribution in [0.4, 0.5) is 13.2 Å². The third-order valence-corrected chi connectivity index (χ3v) is 2.70. The van der Waals surface area contributed by atoms with Crippen molar-refractivity contribution >= 4 is 5.97 Å². The van der Waals surface area contributed by atoms with E-state index in [9.17, 15) is 18.0 Å². The van der Waals surface area contributed by atoms with Gasteiger partial charge in [-0.1, -0.05) is 18.2 Å².